The van der Waals surface area contributed by atoms with Crippen molar-refractivity contribution in [2.75, 3.05) is 7.05 Å². The summed E-state index contributed by atoms with van der Waals surface area (Å²) in [5, 5.41) is 1.15. The number of amides is 1. The molecule has 3 heteroatoms. The van der Waals surface area contributed by atoms with Crippen molar-refractivity contribution in [2.45, 2.75) is 51.5 Å². The summed E-state index contributed by atoms with van der Waals surface area (Å²) in [6.07, 6.45) is 6.81. The van der Waals surface area contributed by atoms with E-state index < -0.39 is 0 Å². The lowest BCUT2D eigenvalue weighted by molar-refractivity contribution is -0.136. The first-order chi connectivity index (χ1) is 14.1. The second-order valence-electron chi connectivity index (χ2n) is 8.40. The number of pyridine rings is 1. The first-order valence-corrected chi connectivity index (χ1v) is 10.8. The monoisotopic (exact) mass is 386 g/mol. The average molecular weight is 387 g/mol. The number of carbonyl (C=O) groups excluding carboxylic acids is 1. The average Bonchev–Trinajstić information content (AvgIpc) is 2.79. The van der Waals surface area contributed by atoms with E-state index in [1.54, 1.807) is 0 Å². The number of benzene rings is 2. The van der Waals surface area contributed by atoms with Gasteiger partial charge in [-0.3, -0.25) is 4.79 Å². The van der Waals surface area contributed by atoms with Crippen LogP contribution in [0, 0.1) is 5.92 Å². The van der Waals surface area contributed by atoms with Crippen molar-refractivity contribution in [2.24, 2.45) is 5.92 Å². The molecule has 0 saturated heterocycles. The molecule has 1 aliphatic carbocycles. The largest absolute Gasteiger partial charge is 0.343 e. The Morgan fingerprint density at radius 2 is 1.72 bits per heavy atom. The Labute approximate surface area is 173 Å². The van der Waals surface area contributed by atoms with Gasteiger partial charge in [-0.1, -0.05) is 74.7 Å². The standard InChI is InChI=1S/C26H30N2O/c1-19(26(29)28(2)22-13-7-4-8-14-22)17-21-18-25(20-11-5-3-6-12-20)27-24-16-10-9-15-23(21)24/h3,5-6,9-12,15-16,18-19,22H,4,7-8,13-14,17H2,1-2H3. The minimum Gasteiger partial charge on any atom is -0.343 e. The highest BCUT2D eigenvalue weighted by atomic mass is 16.2. The normalized spacial score (nSPS) is 15.9. The van der Waals surface area contributed by atoms with E-state index in [0.717, 1.165) is 41.4 Å². The van der Waals surface area contributed by atoms with Gasteiger partial charge >= 0.3 is 0 Å². The van der Waals surface area contributed by atoms with Crippen LogP contribution in [-0.4, -0.2) is 28.9 Å². The number of hydrogen-bond acceptors (Lipinski definition) is 2. The molecule has 3 aromatic rings. The van der Waals surface area contributed by atoms with Crippen molar-refractivity contribution >= 4 is 16.8 Å². The fourth-order valence-corrected chi connectivity index (χ4v) is 4.59. The summed E-state index contributed by atoms with van der Waals surface area (Å²) in [4.78, 5) is 20.0. The summed E-state index contributed by atoms with van der Waals surface area (Å²) in [5.41, 5.74) is 4.27. The summed E-state index contributed by atoms with van der Waals surface area (Å²) in [7, 11) is 1.99. The number of para-hydroxylation sites is 1. The van der Waals surface area contributed by atoms with Crippen LogP contribution in [-0.2, 0) is 11.2 Å². The molecule has 0 bridgehead atoms. The number of carbonyl (C=O) groups is 1. The molecule has 1 aromatic heterocycles. The number of rotatable bonds is 5. The highest BCUT2D eigenvalue weighted by molar-refractivity contribution is 5.86. The maximum absolute atomic E-state index is 13.1. The van der Waals surface area contributed by atoms with E-state index in [9.17, 15) is 4.79 Å². The quantitative estimate of drug-likeness (QED) is 0.549. The zero-order chi connectivity index (χ0) is 20.2. The van der Waals surface area contributed by atoms with Gasteiger partial charge in [0.2, 0.25) is 5.91 Å². The van der Waals surface area contributed by atoms with Crippen LogP contribution in [0.1, 0.15) is 44.6 Å². The smallest absolute Gasteiger partial charge is 0.225 e. The molecule has 0 aliphatic heterocycles. The van der Waals surface area contributed by atoms with E-state index in [1.807, 2.05) is 36.2 Å². The Kier molecular flexibility index (Phi) is 5.94. The van der Waals surface area contributed by atoms with E-state index in [4.69, 9.17) is 4.98 Å². The van der Waals surface area contributed by atoms with Crippen molar-refractivity contribution in [3.8, 4) is 11.3 Å². The van der Waals surface area contributed by atoms with Gasteiger partial charge in [0, 0.05) is 30.0 Å². The Morgan fingerprint density at radius 3 is 2.48 bits per heavy atom. The highest BCUT2D eigenvalue weighted by Crippen LogP contribution is 2.28. The zero-order valence-corrected chi connectivity index (χ0v) is 17.5. The molecule has 1 heterocycles. The minimum absolute atomic E-state index is 0.0450. The summed E-state index contributed by atoms with van der Waals surface area (Å²) < 4.78 is 0. The van der Waals surface area contributed by atoms with E-state index in [1.165, 1.54) is 24.8 Å². The third kappa shape index (κ3) is 4.34. The lowest BCUT2D eigenvalue weighted by Gasteiger charge is -2.33. The predicted molar refractivity (Wildman–Crippen MR) is 120 cm³/mol. The molecule has 2 aromatic carbocycles. The predicted octanol–water partition coefficient (Wildman–Crippen LogP) is 5.87. The Hall–Kier alpha value is -2.68. The molecule has 1 aliphatic rings. The molecule has 1 unspecified atom stereocenters. The van der Waals surface area contributed by atoms with Crippen molar-refractivity contribution < 1.29 is 4.79 Å². The maximum Gasteiger partial charge on any atom is 0.225 e. The summed E-state index contributed by atoms with van der Waals surface area (Å²) in [6.45, 7) is 2.07. The van der Waals surface area contributed by atoms with Crippen molar-refractivity contribution in [3.05, 3.63) is 66.2 Å². The first kappa shape index (κ1) is 19.6. The minimum atomic E-state index is -0.0450. The Morgan fingerprint density at radius 1 is 1.03 bits per heavy atom. The Balaban J connectivity index is 1.61. The van der Waals surface area contributed by atoms with E-state index in [0.29, 0.717) is 6.04 Å². The molecule has 3 nitrogen and oxygen atoms in total. The third-order valence-corrected chi connectivity index (χ3v) is 6.29. The van der Waals surface area contributed by atoms with Crippen LogP contribution in [0.2, 0.25) is 0 Å². The van der Waals surface area contributed by atoms with Crippen LogP contribution in [0.5, 0.6) is 0 Å². The molecule has 1 saturated carbocycles. The van der Waals surface area contributed by atoms with E-state index in [2.05, 4.69) is 43.3 Å². The van der Waals surface area contributed by atoms with Crippen LogP contribution in [0.4, 0.5) is 0 Å². The number of hydrogen-bond donors (Lipinski definition) is 0. The van der Waals surface area contributed by atoms with Crippen LogP contribution < -0.4 is 0 Å². The number of nitrogens with zero attached hydrogens (tertiary/aromatic N) is 2. The van der Waals surface area contributed by atoms with Gasteiger partial charge in [0.05, 0.1) is 11.2 Å². The van der Waals surface area contributed by atoms with Gasteiger partial charge in [0.25, 0.3) is 0 Å². The van der Waals surface area contributed by atoms with Gasteiger partial charge in [-0.2, -0.15) is 0 Å². The van der Waals surface area contributed by atoms with Crippen molar-refractivity contribution in [1.29, 1.82) is 0 Å². The van der Waals surface area contributed by atoms with Gasteiger partial charge < -0.3 is 4.90 Å². The van der Waals surface area contributed by atoms with Crippen LogP contribution in [0.3, 0.4) is 0 Å². The van der Waals surface area contributed by atoms with Gasteiger partial charge in [-0.15, -0.1) is 0 Å². The molecule has 29 heavy (non-hydrogen) atoms. The second-order valence-corrected chi connectivity index (χ2v) is 8.40. The first-order valence-electron chi connectivity index (χ1n) is 10.8. The summed E-state index contributed by atoms with van der Waals surface area (Å²) in [6, 6.07) is 21.1. The molecule has 4 rings (SSSR count). The number of aromatic nitrogens is 1. The van der Waals surface area contributed by atoms with Gasteiger partial charge in [-0.25, -0.2) is 4.98 Å². The molecule has 1 amide bonds. The molecule has 0 radical (unpaired) electrons. The topological polar surface area (TPSA) is 33.2 Å². The highest BCUT2D eigenvalue weighted by Gasteiger charge is 2.26. The van der Waals surface area contributed by atoms with Crippen LogP contribution >= 0.6 is 0 Å². The van der Waals surface area contributed by atoms with Gasteiger partial charge in [0.1, 0.15) is 0 Å². The fraction of sp³-hybridized carbons (Fsp3) is 0.385. The molecule has 150 valence electrons. The SMILES string of the molecule is CC(Cc1cc(-c2ccccc2)nc2ccccc12)C(=O)N(C)C1CCCCC1. The summed E-state index contributed by atoms with van der Waals surface area (Å²) >= 11 is 0. The van der Waals surface area contributed by atoms with E-state index >= 15 is 0 Å². The van der Waals surface area contributed by atoms with Crippen molar-refractivity contribution in [3.63, 3.8) is 0 Å². The second kappa shape index (κ2) is 8.77. The Bertz CT molecular complexity index is 976. The molecule has 0 N–H and O–H groups in total. The molecular weight excluding hydrogens is 356 g/mol. The van der Waals surface area contributed by atoms with E-state index in [-0.39, 0.29) is 11.8 Å². The fourth-order valence-electron chi connectivity index (χ4n) is 4.59. The van der Waals surface area contributed by atoms with Crippen molar-refractivity contribution in [1.82, 2.24) is 9.88 Å². The molecule has 1 fully saturated rings. The lowest BCUT2D eigenvalue weighted by atomic mass is 9.92. The van der Waals surface area contributed by atoms with Gasteiger partial charge in [-0.05, 0) is 37.0 Å². The maximum atomic E-state index is 13.1. The number of fused-ring (bicyclic) bond motifs is 1. The lowest BCUT2D eigenvalue weighted by Crippen LogP contribution is -2.41. The zero-order valence-electron chi connectivity index (χ0n) is 17.5. The third-order valence-electron chi connectivity index (χ3n) is 6.29. The van der Waals surface area contributed by atoms with Crippen LogP contribution in [0.15, 0.2) is 60.7 Å². The summed E-state index contributed by atoms with van der Waals surface area (Å²) in [5.74, 6) is 0.218. The molecular formula is C26H30N2O. The molecule has 1 atom stereocenters. The molecule has 0 spiro atoms. The van der Waals surface area contributed by atoms with Crippen LogP contribution in [0.25, 0.3) is 22.2 Å². The van der Waals surface area contributed by atoms with Gasteiger partial charge in [0.15, 0.2) is 0 Å².